The number of hydrogen-bond acceptors (Lipinski definition) is 1. The van der Waals surface area contributed by atoms with Crippen LogP contribution in [0.5, 0.6) is 0 Å². The van der Waals surface area contributed by atoms with Crippen molar-refractivity contribution in [1.82, 2.24) is 0 Å². The second-order valence-corrected chi connectivity index (χ2v) is 14.8. The quantitative estimate of drug-likeness (QED) is 0.168. The molecule has 0 fully saturated rings. The predicted molar refractivity (Wildman–Crippen MR) is 231 cm³/mol. The summed E-state index contributed by atoms with van der Waals surface area (Å²) in [6.07, 6.45) is 0. The molecule has 0 aliphatic heterocycles. The zero-order valence-electron chi connectivity index (χ0n) is 31.1. The van der Waals surface area contributed by atoms with Gasteiger partial charge < -0.3 is 4.42 Å². The molecule has 1 heteroatoms. The lowest BCUT2D eigenvalue weighted by atomic mass is 9.81. The highest BCUT2D eigenvalue weighted by Gasteiger charge is 2.36. The van der Waals surface area contributed by atoms with Crippen LogP contribution in [-0.2, 0) is 5.41 Å². The highest BCUT2D eigenvalue weighted by Crippen LogP contribution is 2.52. The lowest BCUT2D eigenvalue weighted by Gasteiger charge is -2.22. The van der Waals surface area contributed by atoms with Gasteiger partial charge in [0.1, 0.15) is 11.2 Å². The second-order valence-electron chi connectivity index (χ2n) is 14.8. The lowest BCUT2D eigenvalue weighted by Crippen LogP contribution is -2.15. The van der Waals surface area contributed by atoms with E-state index in [0.717, 1.165) is 27.5 Å². The van der Waals surface area contributed by atoms with Crippen LogP contribution in [0.15, 0.2) is 174 Å². The van der Waals surface area contributed by atoms with Crippen molar-refractivity contribution in [1.29, 1.82) is 0 Å². The van der Waals surface area contributed by atoms with Crippen LogP contribution in [0.3, 0.4) is 0 Å². The summed E-state index contributed by atoms with van der Waals surface area (Å²) in [6.45, 7) is 8.75. The van der Waals surface area contributed by atoms with Gasteiger partial charge in [-0.05, 0) is 95.0 Å². The maximum Gasteiger partial charge on any atom is 0.143 e. The number of rotatable bonds is 3. The van der Waals surface area contributed by atoms with Crippen LogP contribution in [0, 0.1) is 0 Å². The number of benzene rings is 9. The van der Waals surface area contributed by atoms with E-state index in [2.05, 4.69) is 178 Å². The Morgan fingerprint density at radius 2 is 0.944 bits per heavy atom. The van der Waals surface area contributed by atoms with E-state index in [-0.39, 0.29) is 5.41 Å². The minimum atomic E-state index is -0.0900. The van der Waals surface area contributed by atoms with Gasteiger partial charge in [0.15, 0.2) is 0 Å². The molecule has 1 nitrogen and oxygen atoms in total. The SMILES string of the molecule is CC.CC1(C)c2cc(-c3cccc(-c4c5ccccc5c(-c5cccc6c5oc5ccccc56)c5ccccc45)c3)ccc2-c2c1ccc1ccccc21. The second kappa shape index (κ2) is 12.3. The first-order chi connectivity index (χ1) is 26.6. The van der Waals surface area contributed by atoms with Crippen LogP contribution in [0.25, 0.3) is 98.8 Å². The fourth-order valence-corrected chi connectivity index (χ4v) is 9.21. The van der Waals surface area contributed by atoms with Gasteiger partial charge in [0.25, 0.3) is 0 Å². The normalized spacial score (nSPS) is 13.0. The summed E-state index contributed by atoms with van der Waals surface area (Å²) >= 11 is 0. The van der Waals surface area contributed by atoms with Crippen LogP contribution in [0.1, 0.15) is 38.8 Å². The molecule has 0 unspecified atom stereocenters. The standard InChI is InChI=1S/C51H34O.C2H6/c1-51(2)44-28-26-31-13-3-4-16-35(31)49(44)42-27-25-33(30-45(42)51)32-14-11-15-34(29-32)47-37-18-5-7-20-39(37)48(40-21-8-6-19-38(40)47)43-23-12-22-41-36-17-9-10-24-46(36)52-50(41)43;1-2/h3-30H,1-2H3;1-2H3. The Morgan fingerprint density at radius 1 is 0.370 bits per heavy atom. The van der Waals surface area contributed by atoms with Gasteiger partial charge in [0.2, 0.25) is 0 Å². The number of para-hydroxylation sites is 2. The molecule has 0 spiro atoms. The van der Waals surface area contributed by atoms with E-state index in [4.69, 9.17) is 4.42 Å². The Kier molecular flexibility index (Phi) is 7.35. The molecule has 9 aromatic carbocycles. The first-order valence-corrected chi connectivity index (χ1v) is 19.2. The molecular formula is C53H40O. The Balaban J connectivity index is 0.00000178. The van der Waals surface area contributed by atoms with Crippen LogP contribution >= 0.6 is 0 Å². The topological polar surface area (TPSA) is 13.1 Å². The molecular weight excluding hydrogens is 653 g/mol. The molecule has 54 heavy (non-hydrogen) atoms. The molecule has 0 N–H and O–H groups in total. The molecule has 0 saturated carbocycles. The number of furan rings is 1. The maximum absolute atomic E-state index is 6.60. The number of fused-ring (bicyclic) bond motifs is 10. The van der Waals surface area contributed by atoms with Crippen molar-refractivity contribution in [2.45, 2.75) is 33.1 Å². The molecule has 258 valence electrons. The summed E-state index contributed by atoms with van der Waals surface area (Å²) in [7, 11) is 0. The van der Waals surface area contributed by atoms with Gasteiger partial charge >= 0.3 is 0 Å². The van der Waals surface area contributed by atoms with Crippen LogP contribution in [0.2, 0.25) is 0 Å². The van der Waals surface area contributed by atoms with Crippen molar-refractivity contribution in [3.8, 4) is 44.5 Å². The fourth-order valence-electron chi connectivity index (χ4n) is 9.21. The largest absolute Gasteiger partial charge is 0.455 e. The Hall–Kier alpha value is -6.44. The summed E-state index contributed by atoms with van der Waals surface area (Å²) in [6, 6.07) is 62.3. The summed E-state index contributed by atoms with van der Waals surface area (Å²) in [4.78, 5) is 0. The molecule has 0 amide bonds. The third kappa shape index (κ3) is 4.64. The number of hydrogen-bond donors (Lipinski definition) is 0. The highest BCUT2D eigenvalue weighted by molar-refractivity contribution is 6.24. The van der Waals surface area contributed by atoms with Crippen molar-refractivity contribution in [2.24, 2.45) is 0 Å². The Bertz CT molecular complexity index is 3040. The van der Waals surface area contributed by atoms with Gasteiger partial charge in [-0.25, -0.2) is 0 Å². The van der Waals surface area contributed by atoms with Gasteiger partial charge in [0, 0.05) is 27.3 Å². The summed E-state index contributed by atoms with van der Waals surface area (Å²) < 4.78 is 6.60. The van der Waals surface area contributed by atoms with Crippen LogP contribution in [0.4, 0.5) is 0 Å². The van der Waals surface area contributed by atoms with Crippen molar-refractivity contribution in [3.63, 3.8) is 0 Å². The van der Waals surface area contributed by atoms with Crippen molar-refractivity contribution < 1.29 is 4.42 Å². The zero-order chi connectivity index (χ0) is 36.6. The fraction of sp³-hybridized carbons (Fsp3) is 0.0943. The Labute approximate surface area is 316 Å². The van der Waals surface area contributed by atoms with Gasteiger partial charge in [-0.2, -0.15) is 0 Å². The average molecular weight is 693 g/mol. The molecule has 11 rings (SSSR count). The summed E-state index contributed by atoms with van der Waals surface area (Å²) in [5, 5.41) is 9.83. The molecule has 0 radical (unpaired) electrons. The Morgan fingerprint density at radius 3 is 1.69 bits per heavy atom. The van der Waals surface area contributed by atoms with Gasteiger partial charge in [-0.3, -0.25) is 0 Å². The third-order valence-corrected chi connectivity index (χ3v) is 11.7. The summed E-state index contributed by atoms with van der Waals surface area (Å²) in [5.74, 6) is 0. The smallest absolute Gasteiger partial charge is 0.143 e. The lowest BCUT2D eigenvalue weighted by molar-refractivity contribution is 0.661. The minimum absolute atomic E-state index is 0.0900. The van der Waals surface area contributed by atoms with Crippen LogP contribution < -0.4 is 0 Å². The van der Waals surface area contributed by atoms with Crippen molar-refractivity contribution in [2.75, 3.05) is 0 Å². The highest BCUT2D eigenvalue weighted by atomic mass is 16.3. The van der Waals surface area contributed by atoms with E-state index < -0.39 is 0 Å². The molecule has 0 atom stereocenters. The van der Waals surface area contributed by atoms with E-state index in [1.807, 2.05) is 19.9 Å². The average Bonchev–Trinajstić information content (AvgIpc) is 3.72. The van der Waals surface area contributed by atoms with Gasteiger partial charge in [-0.15, -0.1) is 0 Å². The first-order valence-electron chi connectivity index (χ1n) is 19.2. The van der Waals surface area contributed by atoms with Gasteiger partial charge in [0.05, 0.1) is 0 Å². The van der Waals surface area contributed by atoms with E-state index in [1.54, 1.807) is 0 Å². The maximum atomic E-state index is 6.60. The van der Waals surface area contributed by atoms with Crippen molar-refractivity contribution >= 4 is 54.3 Å². The molecule has 10 aromatic rings. The van der Waals surface area contributed by atoms with E-state index in [1.165, 1.54) is 82.4 Å². The zero-order valence-corrected chi connectivity index (χ0v) is 31.1. The third-order valence-electron chi connectivity index (χ3n) is 11.7. The molecule has 1 aliphatic rings. The molecule has 1 aromatic heterocycles. The summed E-state index contributed by atoms with van der Waals surface area (Å²) in [5.41, 5.74) is 14.6. The first kappa shape index (κ1) is 32.2. The van der Waals surface area contributed by atoms with E-state index in [0.29, 0.717) is 0 Å². The molecule has 1 heterocycles. The van der Waals surface area contributed by atoms with E-state index in [9.17, 15) is 0 Å². The molecule has 1 aliphatic carbocycles. The predicted octanol–water partition coefficient (Wildman–Crippen LogP) is 15.4. The van der Waals surface area contributed by atoms with Gasteiger partial charge in [-0.1, -0.05) is 179 Å². The van der Waals surface area contributed by atoms with E-state index >= 15 is 0 Å². The molecule has 0 bridgehead atoms. The minimum Gasteiger partial charge on any atom is -0.455 e. The molecule has 0 saturated heterocycles. The van der Waals surface area contributed by atoms with Crippen molar-refractivity contribution in [3.05, 3.63) is 181 Å². The monoisotopic (exact) mass is 692 g/mol. The van der Waals surface area contributed by atoms with Crippen LogP contribution in [-0.4, -0.2) is 0 Å².